The van der Waals surface area contributed by atoms with E-state index in [1.165, 1.54) is 24.5 Å². The Kier molecular flexibility index (Phi) is 9.98. The quantitative estimate of drug-likeness (QED) is 0.179. The average molecular weight is 629 g/mol. The summed E-state index contributed by atoms with van der Waals surface area (Å²) in [5.74, 6) is 0.432. The largest absolute Gasteiger partial charge is 0.493 e. The third-order valence-corrected chi connectivity index (χ3v) is 8.62. The summed E-state index contributed by atoms with van der Waals surface area (Å²) < 4.78 is 33.1. The lowest BCUT2D eigenvalue weighted by molar-refractivity contribution is -0.139. The SMILES string of the molecule is CCCC1=C(C(=O)OCC)[C@H](c2ccc(C(C)C)cc2)n2c(s/c(=C\c3ccc(OCc4ccccc4F)c(OC)c3)c2=O)=N1. The van der Waals surface area contributed by atoms with E-state index in [9.17, 15) is 14.0 Å². The van der Waals surface area contributed by atoms with Crippen molar-refractivity contribution in [3.63, 3.8) is 0 Å². The third kappa shape index (κ3) is 6.78. The van der Waals surface area contributed by atoms with Crippen LogP contribution in [0.1, 0.15) is 74.8 Å². The molecular weight excluding hydrogens is 591 g/mol. The number of carbonyl (C=O) groups is 1. The number of halogens is 1. The number of allylic oxidation sites excluding steroid dienone is 1. The Morgan fingerprint density at radius 3 is 2.49 bits per heavy atom. The topological polar surface area (TPSA) is 79.1 Å². The van der Waals surface area contributed by atoms with Crippen molar-refractivity contribution in [1.82, 2.24) is 4.57 Å². The predicted octanol–water partition coefficient (Wildman–Crippen LogP) is 6.43. The van der Waals surface area contributed by atoms with E-state index in [4.69, 9.17) is 19.2 Å². The fourth-order valence-electron chi connectivity index (χ4n) is 5.32. The lowest BCUT2D eigenvalue weighted by atomic mass is 9.92. The van der Waals surface area contributed by atoms with Gasteiger partial charge in [-0.1, -0.05) is 87.1 Å². The maximum absolute atomic E-state index is 14.1. The van der Waals surface area contributed by atoms with Gasteiger partial charge >= 0.3 is 5.97 Å². The molecule has 45 heavy (non-hydrogen) atoms. The number of methoxy groups -OCH3 is 1. The lowest BCUT2D eigenvalue weighted by Crippen LogP contribution is -2.40. The molecule has 2 heterocycles. The van der Waals surface area contributed by atoms with Crippen molar-refractivity contribution in [1.29, 1.82) is 0 Å². The summed E-state index contributed by atoms with van der Waals surface area (Å²) in [5.41, 5.74) is 3.91. The van der Waals surface area contributed by atoms with Crippen LogP contribution in [0.5, 0.6) is 11.5 Å². The highest BCUT2D eigenvalue weighted by Gasteiger charge is 2.34. The fourth-order valence-corrected chi connectivity index (χ4v) is 6.33. The first kappa shape index (κ1) is 31.9. The minimum absolute atomic E-state index is 0.0437. The molecule has 0 unspecified atom stereocenters. The number of aromatic nitrogens is 1. The van der Waals surface area contributed by atoms with Crippen LogP contribution in [0.2, 0.25) is 0 Å². The molecule has 5 rings (SSSR count). The van der Waals surface area contributed by atoms with Crippen LogP contribution < -0.4 is 24.4 Å². The molecule has 3 aromatic carbocycles. The van der Waals surface area contributed by atoms with Gasteiger partial charge in [-0.05, 0) is 60.2 Å². The second kappa shape index (κ2) is 14.1. The van der Waals surface area contributed by atoms with E-state index in [0.29, 0.717) is 55.6 Å². The van der Waals surface area contributed by atoms with Gasteiger partial charge in [0.15, 0.2) is 16.3 Å². The van der Waals surface area contributed by atoms with Crippen molar-refractivity contribution in [2.45, 2.75) is 59.1 Å². The van der Waals surface area contributed by atoms with E-state index in [1.807, 2.05) is 37.3 Å². The number of thiazole rings is 1. The number of fused-ring (bicyclic) bond motifs is 1. The predicted molar refractivity (Wildman–Crippen MR) is 174 cm³/mol. The van der Waals surface area contributed by atoms with E-state index < -0.39 is 12.0 Å². The average Bonchev–Trinajstić information content (AvgIpc) is 3.34. The fraction of sp³-hybridized carbons (Fsp3) is 0.306. The molecule has 0 N–H and O–H groups in total. The Bertz CT molecular complexity index is 1910. The number of rotatable bonds is 11. The first-order valence-electron chi connectivity index (χ1n) is 15.1. The summed E-state index contributed by atoms with van der Waals surface area (Å²) in [6, 6.07) is 19.1. The Labute approximate surface area is 265 Å². The highest BCUT2D eigenvalue weighted by Crippen LogP contribution is 2.33. The Morgan fingerprint density at radius 1 is 1.07 bits per heavy atom. The molecule has 7 nitrogen and oxygen atoms in total. The van der Waals surface area contributed by atoms with Crippen LogP contribution in [0.25, 0.3) is 6.08 Å². The smallest absolute Gasteiger partial charge is 0.338 e. The van der Waals surface area contributed by atoms with Gasteiger partial charge in [-0.3, -0.25) is 9.36 Å². The summed E-state index contributed by atoms with van der Waals surface area (Å²) in [4.78, 5) is 32.9. The first-order valence-corrected chi connectivity index (χ1v) is 15.9. The van der Waals surface area contributed by atoms with Gasteiger partial charge in [0.1, 0.15) is 12.4 Å². The Balaban J connectivity index is 1.59. The van der Waals surface area contributed by atoms with Crippen LogP contribution in [-0.2, 0) is 16.1 Å². The molecule has 1 aliphatic rings. The molecule has 0 bridgehead atoms. The zero-order valence-corrected chi connectivity index (χ0v) is 26.9. The first-order chi connectivity index (χ1) is 21.7. The molecule has 9 heteroatoms. The van der Waals surface area contributed by atoms with E-state index >= 15 is 0 Å². The second-order valence-electron chi connectivity index (χ2n) is 11.0. The Hall–Kier alpha value is -4.50. The van der Waals surface area contributed by atoms with E-state index in [-0.39, 0.29) is 24.6 Å². The van der Waals surface area contributed by atoms with Crippen molar-refractivity contribution in [2.75, 3.05) is 13.7 Å². The van der Waals surface area contributed by atoms with Crippen molar-refractivity contribution < 1.29 is 23.4 Å². The monoisotopic (exact) mass is 628 g/mol. The standard InChI is InChI=1S/C36H37FN2O5S/c1-6-10-28-32(35(41)43-7-2)33(25-16-14-24(15-17-25)22(3)4)39-34(40)31(45-36(39)38-28)20-23-13-18-29(30(19-23)42-5)44-21-26-11-8-9-12-27(26)37/h8-9,11-20,22,33H,6-7,10,21H2,1-5H3/b31-20-/t33-/m0/s1. The summed E-state index contributed by atoms with van der Waals surface area (Å²) in [6.45, 7) is 8.31. The van der Waals surface area contributed by atoms with Gasteiger partial charge in [0.25, 0.3) is 5.56 Å². The van der Waals surface area contributed by atoms with Crippen molar-refractivity contribution in [3.05, 3.63) is 126 Å². The zero-order valence-electron chi connectivity index (χ0n) is 26.1. The molecule has 0 amide bonds. The summed E-state index contributed by atoms with van der Waals surface area (Å²) in [6.07, 6.45) is 3.13. The Morgan fingerprint density at radius 2 is 1.82 bits per heavy atom. The van der Waals surface area contributed by atoms with Crippen molar-refractivity contribution in [3.8, 4) is 11.5 Å². The van der Waals surface area contributed by atoms with Gasteiger partial charge < -0.3 is 14.2 Å². The summed E-state index contributed by atoms with van der Waals surface area (Å²) in [7, 11) is 1.53. The molecule has 0 fully saturated rings. The van der Waals surface area contributed by atoms with Crippen LogP contribution in [-0.4, -0.2) is 24.3 Å². The molecule has 4 aromatic rings. The van der Waals surface area contributed by atoms with Gasteiger partial charge in [0, 0.05) is 5.56 Å². The number of ether oxygens (including phenoxy) is 3. The van der Waals surface area contributed by atoms with Gasteiger partial charge in [0.2, 0.25) is 0 Å². The molecule has 0 radical (unpaired) electrons. The number of esters is 1. The number of hydrogen-bond donors (Lipinski definition) is 0. The third-order valence-electron chi connectivity index (χ3n) is 7.64. The molecule has 1 aliphatic heterocycles. The molecule has 0 spiro atoms. The van der Waals surface area contributed by atoms with Gasteiger partial charge in [-0.25, -0.2) is 14.2 Å². The van der Waals surface area contributed by atoms with Crippen LogP contribution in [0, 0.1) is 5.82 Å². The molecule has 1 atom stereocenters. The van der Waals surface area contributed by atoms with Crippen LogP contribution in [0.4, 0.5) is 4.39 Å². The minimum atomic E-state index is -0.672. The molecule has 0 saturated heterocycles. The zero-order chi connectivity index (χ0) is 32.1. The highest BCUT2D eigenvalue weighted by molar-refractivity contribution is 7.07. The van der Waals surface area contributed by atoms with Crippen LogP contribution in [0.15, 0.2) is 87.8 Å². The molecule has 1 aromatic heterocycles. The van der Waals surface area contributed by atoms with Gasteiger partial charge in [-0.2, -0.15) is 0 Å². The summed E-state index contributed by atoms with van der Waals surface area (Å²) in [5, 5.41) is 0. The second-order valence-corrected chi connectivity index (χ2v) is 12.0. The maximum Gasteiger partial charge on any atom is 0.338 e. The highest BCUT2D eigenvalue weighted by atomic mass is 32.1. The maximum atomic E-state index is 14.1. The van der Waals surface area contributed by atoms with Crippen molar-refractivity contribution >= 4 is 23.4 Å². The number of hydrogen-bond acceptors (Lipinski definition) is 7. The van der Waals surface area contributed by atoms with E-state index in [1.54, 1.807) is 47.9 Å². The van der Waals surface area contributed by atoms with E-state index in [2.05, 4.69) is 13.8 Å². The van der Waals surface area contributed by atoms with Crippen LogP contribution in [0.3, 0.4) is 0 Å². The summed E-state index contributed by atoms with van der Waals surface area (Å²) >= 11 is 1.27. The molecular formula is C36H37FN2O5S. The number of benzene rings is 3. The molecule has 234 valence electrons. The molecule has 0 saturated carbocycles. The molecule has 0 aliphatic carbocycles. The lowest BCUT2D eigenvalue weighted by Gasteiger charge is -2.26. The van der Waals surface area contributed by atoms with E-state index in [0.717, 1.165) is 17.5 Å². The normalized spacial score (nSPS) is 14.7. The number of carbonyl (C=O) groups excluding carboxylic acids is 1. The number of nitrogens with zero attached hydrogens (tertiary/aromatic N) is 2. The van der Waals surface area contributed by atoms with Gasteiger partial charge in [0.05, 0.1) is 35.6 Å². The van der Waals surface area contributed by atoms with Crippen LogP contribution >= 0.6 is 11.3 Å². The van der Waals surface area contributed by atoms with Crippen molar-refractivity contribution in [2.24, 2.45) is 4.99 Å². The minimum Gasteiger partial charge on any atom is -0.493 e. The van der Waals surface area contributed by atoms with Gasteiger partial charge in [-0.15, -0.1) is 0 Å².